The third-order valence-corrected chi connectivity index (χ3v) is 5.27. The van der Waals surface area contributed by atoms with Gasteiger partial charge in [-0.2, -0.15) is 0 Å². The number of hydrogen-bond acceptors (Lipinski definition) is 6. The normalized spacial score (nSPS) is 10.6. The highest BCUT2D eigenvalue weighted by atomic mass is 35.5. The number of nitrogens with zero attached hydrogens (tertiary/aromatic N) is 3. The van der Waals surface area contributed by atoms with Crippen LogP contribution >= 0.6 is 23.4 Å². The first kappa shape index (κ1) is 20.0. The predicted octanol–water partition coefficient (Wildman–Crippen LogP) is 3.88. The van der Waals surface area contributed by atoms with Gasteiger partial charge < -0.3 is 19.4 Å². The molecule has 1 N–H and O–H groups in total. The standard InChI is InChI=1S/C19H19ClN4O3S/c1-24-18(15-6-4-5-7-16(15)20)22-23-19(24)28-11-17(25)21-12-8-13(26-2)10-14(9-12)27-3/h4-10H,11H2,1-3H3,(H,21,25). The fourth-order valence-electron chi connectivity index (χ4n) is 2.52. The van der Waals surface area contributed by atoms with Crippen molar-refractivity contribution in [3.05, 3.63) is 47.5 Å². The average molecular weight is 419 g/mol. The van der Waals surface area contributed by atoms with Crippen LogP contribution in [0.3, 0.4) is 0 Å². The van der Waals surface area contributed by atoms with Crippen molar-refractivity contribution in [3.63, 3.8) is 0 Å². The number of methoxy groups -OCH3 is 2. The lowest BCUT2D eigenvalue weighted by Crippen LogP contribution is -2.14. The Morgan fingerprint density at radius 3 is 2.46 bits per heavy atom. The number of anilines is 1. The van der Waals surface area contributed by atoms with E-state index in [4.69, 9.17) is 21.1 Å². The number of carbonyl (C=O) groups excluding carboxylic acids is 1. The van der Waals surface area contributed by atoms with Gasteiger partial charge >= 0.3 is 0 Å². The van der Waals surface area contributed by atoms with Gasteiger partial charge in [-0.25, -0.2) is 0 Å². The minimum absolute atomic E-state index is 0.175. The number of carbonyl (C=O) groups is 1. The van der Waals surface area contributed by atoms with Gasteiger partial charge in [-0.05, 0) is 12.1 Å². The van der Waals surface area contributed by atoms with Crippen LogP contribution in [0, 0.1) is 0 Å². The van der Waals surface area contributed by atoms with E-state index in [1.54, 1.807) is 38.5 Å². The zero-order valence-electron chi connectivity index (χ0n) is 15.6. The quantitative estimate of drug-likeness (QED) is 0.586. The van der Waals surface area contributed by atoms with E-state index in [0.29, 0.717) is 33.2 Å². The molecule has 1 aromatic heterocycles. The van der Waals surface area contributed by atoms with Crippen LogP contribution in [0.5, 0.6) is 11.5 Å². The number of benzene rings is 2. The molecule has 0 aliphatic carbocycles. The molecule has 0 saturated heterocycles. The summed E-state index contributed by atoms with van der Waals surface area (Å²) in [5.74, 6) is 1.84. The van der Waals surface area contributed by atoms with Gasteiger partial charge in [0.2, 0.25) is 5.91 Å². The molecule has 3 aromatic rings. The third-order valence-electron chi connectivity index (χ3n) is 3.92. The Hall–Kier alpha value is -2.71. The molecule has 1 heterocycles. The van der Waals surface area contributed by atoms with Crippen LogP contribution in [-0.4, -0.2) is 40.6 Å². The maximum atomic E-state index is 12.3. The van der Waals surface area contributed by atoms with Crippen molar-refractivity contribution in [1.82, 2.24) is 14.8 Å². The molecule has 0 spiro atoms. The molecule has 0 atom stereocenters. The van der Waals surface area contributed by atoms with Crippen molar-refractivity contribution >= 4 is 35.0 Å². The minimum atomic E-state index is -0.178. The van der Waals surface area contributed by atoms with E-state index in [9.17, 15) is 4.79 Å². The largest absolute Gasteiger partial charge is 0.497 e. The van der Waals surface area contributed by atoms with Gasteiger partial charge in [0.15, 0.2) is 11.0 Å². The molecule has 0 aliphatic heterocycles. The predicted molar refractivity (Wildman–Crippen MR) is 110 cm³/mol. The summed E-state index contributed by atoms with van der Waals surface area (Å²) in [6.07, 6.45) is 0. The smallest absolute Gasteiger partial charge is 0.234 e. The lowest BCUT2D eigenvalue weighted by molar-refractivity contribution is -0.113. The van der Waals surface area contributed by atoms with E-state index in [2.05, 4.69) is 15.5 Å². The highest BCUT2D eigenvalue weighted by molar-refractivity contribution is 7.99. The molecule has 0 aliphatic rings. The second-order valence-electron chi connectivity index (χ2n) is 5.78. The number of hydrogen-bond donors (Lipinski definition) is 1. The van der Waals surface area contributed by atoms with Gasteiger partial charge in [0, 0.05) is 36.5 Å². The fraction of sp³-hybridized carbons (Fsp3) is 0.211. The number of halogens is 1. The van der Waals surface area contributed by atoms with Crippen molar-refractivity contribution < 1.29 is 14.3 Å². The van der Waals surface area contributed by atoms with Crippen LogP contribution in [0.25, 0.3) is 11.4 Å². The fourth-order valence-corrected chi connectivity index (χ4v) is 3.46. The molecular formula is C19H19ClN4O3S. The molecule has 28 heavy (non-hydrogen) atoms. The first-order chi connectivity index (χ1) is 13.5. The van der Waals surface area contributed by atoms with E-state index >= 15 is 0 Å². The van der Waals surface area contributed by atoms with Crippen LogP contribution in [0.2, 0.25) is 5.02 Å². The summed E-state index contributed by atoms with van der Waals surface area (Å²) in [6.45, 7) is 0. The van der Waals surface area contributed by atoms with E-state index < -0.39 is 0 Å². The summed E-state index contributed by atoms with van der Waals surface area (Å²) < 4.78 is 12.2. The molecule has 146 valence electrons. The first-order valence-electron chi connectivity index (χ1n) is 8.32. The SMILES string of the molecule is COc1cc(NC(=O)CSc2nnc(-c3ccccc3Cl)n2C)cc(OC)c1. The molecule has 0 bridgehead atoms. The summed E-state index contributed by atoms with van der Waals surface area (Å²) >= 11 is 7.52. The van der Waals surface area contributed by atoms with E-state index in [1.165, 1.54) is 11.8 Å². The monoisotopic (exact) mass is 418 g/mol. The molecule has 0 saturated carbocycles. The Labute approximate surface area is 172 Å². The Morgan fingerprint density at radius 2 is 1.82 bits per heavy atom. The summed E-state index contributed by atoms with van der Waals surface area (Å²) in [5.41, 5.74) is 1.38. The Morgan fingerprint density at radius 1 is 1.14 bits per heavy atom. The summed E-state index contributed by atoms with van der Waals surface area (Å²) in [6, 6.07) is 12.6. The second-order valence-corrected chi connectivity index (χ2v) is 7.13. The number of thioether (sulfide) groups is 1. The third kappa shape index (κ3) is 4.58. The molecule has 0 radical (unpaired) electrons. The molecule has 2 aromatic carbocycles. The number of aromatic nitrogens is 3. The van der Waals surface area contributed by atoms with E-state index in [1.807, 2.05) is 29.8 Å². The number of nitrogens with one attached hydrogen (secondary N) is 1. The average Bonchev–Trinajstić information content (AvgIpc) is 3.06. The maximum Gasteiger partial charge on any atom is 0.234 e. The summed E-state index contributed by atoms with van der Waals surface area (Å²) in [4.78, 5) is 12.3. The van der Waals surface area contributed by atoms with Crippen LogP contribution < -0.4 is 14.8 Å². The summed E-state index contributed by atoms with van der Waals surface area (Å²) in [7, 11) is 4.95. The molecule has 0 unspecified atom stereocenters. The Bertz CT molecular complexity index is 971. The van der Waals surface area contributed by atoms with Crippen LogP contribution in [-0.2, 0) is 11.8 Å². The van der Waals surface area contributed by atoms with Gasteiger partial charge in [0.1, 0.15) is 11.5 Å². The van der Waals surface area contributed by atoms with Crippen molar-refractivity contribution in [3.8, 4) is 22.9 Å². The highest BCUT2D eigenvalue weighted by Gasteiger charge is 2.15. The Balaban J connectivity index is 1.67. The van der Waals surface area contributed by atoms with Crippen molar-refractivity contribution in [2.45, 2.75) is 5.16 Å². The second kappa shape index (κ2) is 8.99. The van der Waals surface area contributed by atoms with E-state index in [-0.39, 0.29) is 11.7 Å². The lowest BCUT2D eigenvalue weighted by Gasteiger charge is -2.10. The van der Waals surface area contributed by atoms with Gasteiger partial charge in [-0.3, -0.25) is 4.79 Å². The van der Waals surface area contributed by atoms with Crippen molar-refractivity contribution in [2.24, 2.45) is 7.05 Å². The number of ether oxygens (including phenoxy) is 2. The zero-order chi connectivity index (χ0) is 20.1. The molecule has 0 fully saturated rings. The number of amides is 1. The van der Waals surface area contributed by atoms with Crippen LogP contribution in [0.1, 0.15) is 0 Å². The maximum absolute atomic E-state index is 12.3. The lowest BCUT2D eigenvalue weighted by atomic mass is 10.2. The van der Waals surface area contributed by atoms with Gasteiger partial charge in [-0.1, -0.05) is 35.5 Å². The molecule has 7 nitrogen and oxygen atoms in total. The van der Waals surface area contributed by atoms with Gasteiger partial charge in [-0.15, -0.1) is 10.2 Å². The minimum Gasteiger partial charge on any atom is -0.497 e. The van der Waals surface area contributed by atoms with Gasteiger partial charge in [0.25, 0.3) is 0 Å². The zero-order valence-corrected chi connectivity index (χ0v) is 17.2. The van der Waals surface area contributed by atoms with Crippen molar-refractivity contribution in [2.75, 3.05) is 25.3 Å². The molecule has 9 heteroatoms. The van der Waals surface area contributed by atoms with E-state index in [0.717, 1.165) is 5.56 Å². The highest BCUT2D eigenvalue weighted by Crippen LogP contribution is 2.29. The molecule has 3 rings (SSSR count). The van der Waals surface area contributed by atoms with Crippen LogP contribution in [0.15, 0.2) is 47.6 Å². The molecular weight excluding hydrogens is 400 g/mol. The first-order valence-corrected chi connectivity index (χ1v) is 9.68. The topological polar surface area (TPSA) is 78.3 Å². The number of rotatable bonds is 7. The van der Waals surface area contributed by atoms with Crippen molar-refractivity contribution in [1.29, 1.82) is 0 Å². The Kier molecular flexibility index (Phi) is 6.43. The van der Waals surface area contributed by atoms with Gasteiger partial charge in [0.05, 0.1) is 25.0 Å². The van der Waals surface area contributed by atoms with Crippen LogP contribution in [0.4, 0.5) is 5.69 Å². The summed E-state index contributed by atoms with van der Waals surface area (Å²) in [5, 5.41) is 12.4. The molecule has 1 amide bonds.